The van der Waals surface area contributed by atoms with Gasteiger partial charge in [0.05, 0.1) is 11.0 Å². The summed E-state index contributed by atoms with van der Waals surface area (Å²) in [5.74, 6) is 1.02. The second-order valence-electron chi connectivity index (χ2n) is 4.98. The summed E-state index contributed by atoms with van der Waals surface area (Å²) in [5.41, 5.74) is 2.18. The molecular weight excluding hydrogens is 224 g/mol. The van der Waals surface area contributed by atoms with E-state index in [1.807, 2.05) is 19.2 Å². The molecule has 4 heteroatoms. The molecule has 0 amide bonds. The summed E-state index contributed by atoms with van der Waals surface area (Å²) >= 11 is 0. The first-order chi connectivity index (χ1) is 8.88. The monoisotopic (exact) mass is 244 g/mol. The summed E-state index contributed by atoms with van der Waals surface area (Å²) < 4.78 is 0. The van der Waals surface area contributed by atoms with Gasteiger partial charge in [0, 0.05) is 19.1 Å². The first-order valence-electron chi connectivity index (χ1n) is 6.74. The minimum atomic E-state index is 0.560. The van der Waals surface area contributed by atoms with Gasteiger partial charge in [0.15, 0.2) is 0 Å². The van der Waals surface area contributed by atoms with Crippen molar-refractivity contribution in [2.45, 2.75) is 25.3 Å². The minimum absolute atomic E-state index is 0.560. The number of hydrogen-bond acceptors (Lipinski definition) is 3. The maximum Gasteiger partial charge on any atom is 0.204 e. The number of anilines is 1. The Labute approximate surface area is 107 Å². The minimum Gasteiger partial charge on any atom is -0.338 e. The van der Waals surface area contributed by atoms with Gasteiger partial charge in [-0.1, -0.05) is 12.1 Å². The van der Waals surface area contributed by atoms with E-state index in [9.17, 15) is 0 Å². The number of benzene rings is 1. The van der Waals surface area contributed by atoms with Crippen LogP contribution in [0.15, 0.2) is 24.3 Å². The molecule has 18 heavy (non-hydrogen) atoms. The van der Waals surface area contributed by atoms with Crippen LogP contribution < -0.4 is 10.2 Å². The molecule has 1 aliphatic heterocycles. The van der Waals surface area contributed by atoms with Crippen molar-refractivity contribution in [1.82, 2.24) is 15.3 Å². The fourth-order valence-corrected chi connectivity index (χ4v) is 2.80. The summed E-state index contributed by atoms with van der Waals surface area (Å²) in [6.07, 6.45) is 3.83. The molecule has 2 aromatic rings. The van der Waals surface area contributed by atoms with Crippen molar-refractivity contribution < 1.29 is 0 Å². The molecule has 1 aromatic heterocycles. The van der Waals surface area contributed by atoms with Crippen LogP contribution in [-0.4, -0.2) is 36.1 Å². The zero-order valence-electron chi connectivity index (χ0n) is 10.8. The Morgan fingerprint density at radius 2 is 2.28 bits per heavy atom. The second-order valence-corrected chi connectivity index (χ2v) is 4.98. The Morgan fingerprint density at radius 1 is 1.39 bits per heavy atom. The van der Waals surface area contributed by atoms with Crippen LogP contribution in [0.1, 0.15) is 19.3 Å². The van der Waals surface area contributed by atoms with Crippen molar-refractivity contribution in [3.63, 3.8) is 0 Å². The topological polar surface area (TPSA) is 44.0 Å². The smallest absolute Gasteiger partial charge is 0.204 e. The Morgan fingerprint density at radius 3 is 3.11 bits per heavy atom. The number of piperidine rings is 1. The molecule has 1 unspecified atom stereocenters. The zero-order valence-corrected chi connectivity index (χ0v) is 10.8. The molecule has 1 fully saturated rings. The average Bonchev–Trinajstić information content (AvgIpc) is 2.83. The van der Waals surface area contributed by atoms with Crippen LogP contribution in [-0.2, 0) is 0 Å². The molecule has 0 radical (unpaired) electrons. The largest absolute Gasteiger partial charge is 0.338 e. The quantitative estimate of drug-likeness (QED) is 0.869. The number of aromatic nitrogens is 2. The number of aromatic amines is 1. The first-order valence-corrected chi connectivity index (χ1v) is 6.74. The van der Waals surface area contributed by atoms with E-state index in [2.05, 4.69) is 27.3 Å². The highest BCUT2D eigenvalue weighted by Gasteiger charge is 2.24. The lowest BCUT2D eigenvalue weighted by molar-refractivity contribution is 0.441. The Hall–Kier alpha value is -1.55. The first kappa shape index (κ1) is 11.5. The van der Waals surface area contributed by atoms with Gasteiger partial charge in [-0.2, -0.15) is 0 Å². The SMILES string of the molecule is CNCC1CCCCN1c1nc2ccccc2[nH]1. The summed E-state index contributed by atoms with van der Waals surface area (Å²) in [4.78, 5) is 10.6. The molecule has 0 spiro atoms. The van der Waals surface area contributed by atoms with E-state index in [1.165, 1.54) is 19.3 Å². The van der Waals surface area contributed by atoms with Gasteiger partial charge in [0.2, 0.25) is 5.95 Å². The van der Waals surface area contributed by atoms with Crippen molar-refractivity contribution in [2.24, 2.45) is 0 Å². The Kier molecular flexibility index (Phi) is 3.19. The van der Waals surface area contributed by atoms with Gasteiger partial charge >= 0.3 is 0 Å². The number of rotatable bonds is 3. The highest BCUT2D eigenvalue weighted by Crippen LogP contribution is 2.24. The number of nitrogens with one attached hydrogen (secondary N) is 2. The summed E-state index contributed by atoms with van der Waals surface area (Å²) in [5, 5.41) is 3.29. The van der Waals surface area contributed by atoms with Gasteiger partial charge in [-0.15, -0.1) is 0 Å². The molecule has 0 saturated carbocycles. The molecule has 2 N–H and O–H groups in total. The average molecular weight is 244 g/mol. The lowest BCUT2D eigenvalue weighted by atomic mass is 10.0. The highest BCUT2D eigenvalue weighted by molar-refractivity contribution is 5.77. The van der Waals surface area contributed by atoms with Crippen LogP contribution in [0.4, 0.5) is 5.95 Å². The summed E-state index contributed by atoms with van der Waals surface area (Å²) in [7, 11) is 2.02. The number of nitrogens with zero attached hydrogens (tertiary/aromatic N) is 2. The molecule has 0 bridgehead atoms. The molecule has 2 heterocycles. The van der Waals surface area contributed by atoms with Gasteiger partial charge in [-0.25, -0.2) is 4.98 Å². The molecule has 1 aromatic carbocycles. The van der Waals surface area contributed by atoms with E-state index >= 15 is 0 Å². The number of hydrogen-bond donors (Lipinski definition) is 2. The van der Waals surface area contributed by atoms with Crippen LogP contribution in [0.5, 0.6) is 0 Å². The molecule has 4 nitrogen and oxygen atoms in total. The lowest BCUT2D eigenvalue weighted by Crippen LogP contribution is -2.45. The van der Waals surface area contributed by atoms with E-state index in [1.54, 1.807) is 0 Å². The van der Waals surface area contributed by atoms with Crippen molar-refractivity contribution in [1.29, 1.82) is 0 Å². The van der Waals surface area contributed by atoms with Crippen LogP contribution in [0.3, 0.4) is 0 Å². The van der Waals surface area contributed by atoms with Crippen LogP contribution in [0.25, 0.3) is 11.0 Å². The van der Waals surface area contributed by atoms with Crippen molar-refractivity contribution >= 4 is 17.0 Å². The van der Waals surface area contributed by atoms with Crippen LogP contribution in [0, 0.1) is 0 Å². The van der Waals surface area contributed by atoms with Crippen molar-refractivity contribution in [3.05, 3.63) is 24.3 Å². The lowest BCUT2D eigenvalue weighted by Gasteiger charge is -2.35. The van der Waals surface area contributed by atoms with Crippen molar-refractivity contribution in [3.8, 4) is 0 Å². The fourth-order valence-electron chi connectivity index (χ4n) is 2.80. The van der Waals surface area contributed by atoms with E-state index in [0.717, 1.165) is 30.1 Å². The predicted molar refractivity (Wildman–Crippen MR) is 75.0 cm³/mol. The van der Waals surface area contributed by atoms with Gasteiger partial charge in [-0.3, -0.25) is 0 Å². The third kappa shape index (κ3) is 2.08. The maximum atomic E-state index is 4.71. The summed E-state index contributed by atoms with van der Waals surface area (Å²) in [6.45, 7) is 2.13. The number of fused-ring (bicyclic) bond motifs is 1. The second kappa shape index (κ2) is 4.98. The van der Waals surface area contributed by atoms with E-state index in [-0.39, 0.29) is 0 Å². The maximum absolute atomic E-state index is 4.71. The number of H-pyrrole nitrogens is 1. The van der Waals surface area contributed by atoms with Gasteiger partial charge in [-0.05, 0) is 38.4 Å². The fraction of sp³-hybridized carbons (Fsp3) is 0.500. The molecule has 1 atom stereocenters. The summed E-state index contributed by atoms with van der Waals surface area (Å²) in [6, 6.07) is 8.79. The van der Waals surface area contributed by atoms with E-state index in [4.69, 9.17) is 4.98 Å². The van der Waals surface area contributed by atoms with Gasteiger partial charge < -0.3 is 15.2 Å². The predicted octanol–water partition coefficient (Wildman–Crippen LogP) is 2.14. The van der Waals surface area contributed by atoms with Crippen LogP contribution in [0.2, 0.25) is 0 Å². The molecule has 1 aliphatic rings. The number of para-hydroxylation sites is 2. The van der Waals surface area contributed by atoms with Crippen LogP contribution >= 0.6 is 0 Å². The Bertz CT molecular complexity index is 484. The standard InChI is InChI=1S/C14H20N4/c1-15-10-11-6-4-5-9-18(11)14-16-12-7-2-3-8-13(12)17-14/h2-3,7-8,11,15H,4-6,9-10H2,1H3,(H,16,17). The number of likely N-dealkylation sites (N-methyl/N-ethyl adjacent to an activating group) is 1. The van der Waals surface area contributed by atoms with E-state index < -0.39 is 0 Å². The third-order valence-corrected chi connectivity index (χ3v) is 3.72. The normalized spacial score (nSPS) is 20.5. The van der Waals surface area contributed by atoms with Crippen molar-refractivity contribution in [2.75, 3.05) is 25.0 Å². The molecule has 96 valence electrons. The van der Waals surface area contributed by atoms with Gasteiger partial charge in [0.1, 0.15) is 0 Å². The zero-order chi connectivity index (χ0) is 12.4. The van der Waals surface area contributed by atoms with E-state index in [0.29, 0.717) is 6.04 Å². The number of imidazole rings is 1. The van der Waals surface area contributed by atoms with Gasteiger partial charge in [0.25, 0.3) is 0 Å². The third-order valence-electron chi connectivity index (χ3n) is 3.72. The molecule has 0 aliphatic carbocycles. The molecule has 3 rings (SSSR count). The highest BCUT2D eigenvalue weighted by atomic mass is 15.3. The molecule has 1 saturated heterocycles. The molecular formula is C14H20N4. The Balaban J connectivity index is 1.91.